The monoisotopic (exact) mass is 335 g/mol. The second-order valence-corrected chi connectivity index (χ2v) is 6.77. The molecule has 0 bridgehead atoms. The van der Waals surface area contributed by atoms with Crippen LogP contribution in [0.2, 0.25) is 0 Å². The first kappa shape index (κ1) is 16.2. The standard InChI is InChI=1S/C21H22FN3/c1-21(19-14-23-12-13-24-19,16-8-2-3-10-18(16)22)17-9-4-6-15-7-5-11-25-20(15)17/h2-11,19,23-24H,12-14H2,1H3. The Morgan fingerprint density at radius 1 is 1.00 bits per heavy atom. The number of nitrogens with one attached hydrogen (secondary N) is 2. The van der Waals surface area contributed by atoms with Gasteiger partial charge in [-0.2, -0.15) is 0 Å². The molecule has 1 saturated heterocycles. The molecular formula is C21H22FN3. The molecule has 1 aliphatic rings. The van der Waals surface area contributed by atoms with Crippen molar-refractivity contribution in [3.63, 3.8) is 0 Å². The van der Waals surface area contributed by atoms with E-state index in [1.54, 1.807) is 18.3 Å². The highest BCUT2D eigenvalue weighted by Crippen LogP contribution is 2.40. The molecule has 2 unspecified atom stereocenters. The van der Waals surface area contributed by atoms with E-state index in [-0.39, 0.29) is 11.9 Å². The number of nitrogens with zero attached hydrogens (tertiary/aromatic N) is 1. The van der Waals surface area contributed by atoms with Gasteiger partial charge in [-0.25, -0.2) is 4.39 Å². The Labute approximate surface area is 147 Å². The van der Waals surface area contributed by atoms with Crippen LogP contribution in [0.5, 0.6) is 0 Å². The molecule has 2 heterocycles. The molecule has 1 fully saturated rings. The van der Waals surface area contributed by atoms with Crippen LogP contribution in [-0.2, 0) is 5.41 Å². The lowest BCUT2D eigenvalue weighted by atomic mass is 9.69. The van der Waals surface area contributed by atoms with Gasteiger partial charge in [0.1, 0.15) is 5.82 Å². The smallest absolute Gasteiger partial charge is 0.127 e. The molecule has 4 heteroatoms. The predicted octanol–water partition coefficient (Wildman–Crippen LogP) is 3.24. The van der Waals surface area contributed by atoms with Crippen molar-refractivity contribution in [2.24, 2.45) is 0 Å². The van der Waals surface area contributed by atoms with Gasteiger partial charge < -0.3 is 10.6 Å². The van der Waals surface area contributed by atoms with Crippen LogP contribution >= 0.6 is 0 Å². The van der Waals surface area contributed by atoms with Crippen LogP contribution in [0.15, 0.2) is 60.8 Å². The Morgan fingerprint density at radius 2 is 1.80 bits per heavy atom. The summed E-state index contributed by atoms with van der Waals surface area (Å²) < 4.78 is 14.9. The van der Waals surface area contributed by atoms with Crippen LogP contribution in [0.3, 0.4) is 0 Å². The van der Waals surface area contributed by atoms with Gasteiger partial charge in [0.05, 0.1) is 5.52 Å². The van der Waals surface area contributed by atoms with Gasteiger partial charge in [-0.1, -0.05) is 42.5 Å². The van der Waals surface area contributed by atoms with Crippen molar-refractivity contribution < 1.29 is 4.39 Å². The van der Waals surface area contributed by atoms with Crippen molar-refractivity contribution in [2.75, 3.05) is 19.6 Å². The second-order valence-electron chi connectivity index (χ2n) is 6.77. The molecule has 2 atom stereocenters. The van der Waals surface area contributed by atoms with Crippen molar-refractivity contribution in [3.05, 3.63) is 77.7 Å². The molecule has 2 N–H and O–H groups in total. The van der Waals surface area contributed by atoms with E-state index in [1.807, 2.05) is 24.3 Å². The van der Waals surface area contributed by atoms with Crippen molar-refractivity contribution in [1.29, 1.82) is 0 Å². The van der Waals surface area contributed by atoms with Crippen LogP contribution in [0.25, 0.3) is 10.9 Å². The zero-order valence-electron chi connectivity index (χ0n) is 14.3. The van der Waals surface area contributed by atoms with Gasteiger partial charge >= 0.3 is 0 Å². The van der Waals surface area contributed by atoms with Crippen LogP contribution in [0, 0.1) is 5.82 Å². The number of rotatable bonds is 3. The molecular weight excluding hydrogens is 313 g/mol. The zero-order chi connectivity index (χ0) is 17.3. The van der Waals surface area contributed by atoms with Crippen molar-refractivity contribution in [1.82, 2.24) is 15.6 Å². The maximum absolute atomic E-state index is 14.9. The topological polar surface area (TPSA) is 37.0 Å². The van der Waals surface area contributed by atoms with Gasteiger partial charge in [0, 0.05) is 42.7 Å². The molecule has 1 aromatic heterocycles. The SMILES string of the molecule is CC(c1ccccc1F)(c1cccc2cccnc12)C1CNCCN1. The van der Waals surface area contributed by atoms with E-state index in [2.05, 4.69) is 40.7 Å². The summed E-state index contributed by atoms with van der Waals surface area (Å²) in [6.45, 7) is 4.71. The van der Waals surface area contributed by atoms with E-state index in [0.717, 1.165) is 36.1 Å². The lowest BCUT2D eigenvalue weighted by molar-refractivity contribution is 0.311. The number of fused-ring (bicyclic) bond motifs is 1. The highest BCUT2D eigenvalue weighted by molar-refractivity contribution is 5.83. The molecule has 128 valence electrons. The van der Waals surface area contributed by atoms with Gasteiger partial charge in [-0.05, 0) is 30.2 Å². The van der Waals surface area contributed by atoms with Crippen LogP contribution in [-0.4, -0.2) is 30.7 Å². The molecule has 0 aliphatic carbocycles. The normalized spacial score (nSPS) is 20.3. The summed E-state index contributed by atoms with van der Waals surface area (Å²) >= 11 is 0. The third-order valence-electron chi connectivity index (χ3n) is 5.36. The molecule has 0 radical (unpaired) electrons. The highest BCUT2D eigenvalue weighted by Gasteiger charge is 2.41. The Balaban J connectivity index is 1.98. The molecule has 3 aromatic rings. The molecule has 0 spiro atoms. The Morgan fingerprint density at radius 3 is 2.60 bits per heavy atom. The molecule has 1 aliphatic heterocycles. The first-order valence-corrected chi connectivity index (χ1v) is 8.74. The van der Waals surface area contributed by atoms with E-state index >= 15 is 0 Å². The van der Waals surface area contributed by atoms with Crippen molar-refractivity contribution >= 4 is 10.9 Å². The number of benzene rings is 2. The fourth-order valence-electron chi connectivity index (χ4n) is 3.99. The summed E-state index contributed by atoms with van der Waals surface area (Å²) in [4.78, 5) is 4.63. The Kier molecular flexibility index (Phi) is 4.24. The molecule has 3 nitrogen and oxygen atoms in total. The quantitative estimate of drug-likeness (QED) is 0.771. The van der Waals surface area contributed by atoms with Crippen molar-refractivity contribution in [2.45, 2.75) is 18.4 Å². The predicted molar refractivity (Wildman–Crippen MR) is 99.3 cm³/mol. The van der Waals surface area contributed by atoms with Gasteiger partial charge in [0.15, 0.2) is 0 Å². The molecule has 0 amide bonds. The highest BCUT2D eigenvalue weighted by atomic mass is 19.1. The van der Waals surface area contributed by atoms with Gasteiger partial charge in [0.2, 0.25) is 0 Å². The number of hydrogen-bond acceptors (Lipinski definition) is 3. The third kappa shape index (κ3) is 2.71. The first-order valence-electron chi connectivity index (χ1n) is 8.74. The van der Waals surface area contributed by atoms with E-state index in [1.165, 1.54) is 0 Å². The average molecular weight is 335 g/mol. The van der Waals surface area contributed by atoms with Gasteiger partial charge in [-0.15, -0.1) is 0 Å². The van der Waals surface area contributed by atoms with Crippen LogP contribution in [0.4, 0.5) is 4.39 Å². The van der Waals surface area contributed by atoms with E-state index in [4.69, 9.17) is 0 Å². The minimum absolute atomic E-state index is 0.0748. The molecule has 2 aromatic carbocycles. The lowest BCUT2D eigenvalue weighted by Crippen LogP contribution is -2.58. The van der Waals surface area contributed by atoms with Gasteiger partial charge in [-0.3, -0.25) is 4.98 Å². The summed E-state index contributed by atoms with van der Waals surface area (Å²) in [5.74, 6) is -0.176. The largest absolute Gasteiger partial charge is 0.314 e. The maximum atomic E-state index is 14.9. The Bertz CT molecular complexity index is 884. The number of hydrogen-bond donors (Lipinski definition) is 2. The fourth-order valence-corrected chi connectivity index (χ4v) is 3.99. The number of pyridine rings is 1. The summed E-state index contributed by atoms with van der Waals surface area (Å²) in [5.41, 5.74) is 2.15. The minimum Gasteiger partial charge on any atom is -0.314 e. The van der Waals surface area contributed by atoms with E-state index in [0.29, 0.717) is 5.56 Å². The number of piperazine rings is 1. The summed E-state index contributed by atoms with van der Waals surface area (Å²) in [6, 6.07) is 17.3. The lowest BCUT2D eigenvalue weighted by Gasteiger charge is -2.42. The van der Waals surface area contributed by atoms with Crippen LogP contribution in [0.1, 0.15) is 18.1 Å². The minimum atomic E-state index is -0.535. The molecule has 0 saturated carbocycles. The van der Waals surface area contributed by atoms with E-state index in [9.17, 15) is 4.39 Å². The van der Waals surface area contributed by atoms with E-state index < -0.39 is 5.41 Å². The number of halogens is 1. The second kappa shape index (κ2) is 6.54. The summed E-state index contributed by atoms with van der Waals surface area (Å²) in [7, 11) is 0. The average Bonchev–Trinajstić information content (AvgIpc) is 2.68. The number of para-hydroxylation sites is 1. The Hall–Kier alpha value is -2.30. The summed E-state index contributed by atoms with van der Waals surface area (Å²) in [5, 5.41) is 8.11. The zero-order valence-corrected chi connectivity index (χ0v) is 14.3. The number of aromatic nitrogens is 1. The first-order chi connectivity index (χ1) is 12.2. The maximum Gasteiger partial charge on any atom is 0.127 e. The molecule has 4 rings (SSSR count). The van der Waals surface area contributed by atoms with Crippen molar-refractivity contribution in [3.8, 4) is 0 Å². The third-order valence-corrected chi connectivity index (χ3v) is 5.36. The molecule has 25 heavy (non-hydrogen) atoms. The van der Waals surface area contributed by atoms with Crippen LogP contribution < -0.4 is 10.6 Å². The van der Waals surface area contributed by atoms with Gasteiger partial charge in [0.25, 0.3) is 0 Å². The summed E-state index contributed by atoms with van der Waals surface area (Å²) in [6.07, 6.45) is 1.81. The fraction of sp³-hybridized carbons (Fsp3) is 0.286.